The number of piperidine rings is 1. The van der Waals surface area contributed by atoms with Crippen molar-refractivity contribution in [1.82, 2.24) is 24.8 Å². The van der Waals surface area contributed by atoms with Gasteiger partial charge in [0.15, 0.2) is 5.82 Å². The third kappa shape index (κ3) is 6.34. The molecular formula is C27H34F3N5O5. The monoisotopic (exact) mass is 565 g/mol. The molecule has 3 saturated heterocycles. The van der Waals surface area contributed by atoms with Crippen LogP contribution in [-0.4, -0.2) is 95.0 Å². The topological polar surface area (TPSA) is 101 Å². The van der Waals surface area contributed by atoms with E-state index in [1.54, 1.807) is 14.7 Å². The molecule has 2 unspecified atom stereocenters. The minimum Gasteiger partial charge on any atom is -0.444 e. The van der Waals surface area contributed by atoms with Gasteiger partial charge in [-0.15, -0.1) is 0 Å². The fourth-order valence-corrected chi connectivity index (χ4v) is 5.27. The minimum atomic E-state index is -4.42. The van der Waals surface area contributed by atoms with Crippen LogP contribution in [0.3, 0.4) is 0 Å². The molecule has 2 atom stereocenters. The van der Waals surface area contributed by atoms with E-state index < -0.39 is 23.4 Å². The highest BCUT2D eigenvalue weighted by Gasteiger charge is 2.40. The van der Waals surface area contributed by atoms with Gasteiger partial charge in [-0.3, -0.25) is 0 Å². The molecule has 0 aliphatic carbocycles. The zero-order valence-electron chi connectivity index (χ0n) is 22.8. The summed E-state index contributed by atoms with van der Waals surface area (Å²) >= 11 is 0. The summed E-state index contributed by atoms with van der Waals surface area (Å²) in [5, 5.41) is 4.21. The number of aromatic nitrogens is 2. The largest absolute Gasteiger partial charge is 0.444 e. The Hall–Kier alpha value is -3.35. The van der Waals surface area contributed by atoms with Crippen molar-refractivity contribution >= 4 is 12.1 Å². The van der Waals surface area contributed by atoms with E-state index in [2.05, 4.69) is 10.1 Å². The maximum Gasteiger partial charge on any atom is 0.416 e. The van der Waals surface area contributed by atoms with Crippen LogP contribution in [0.1, 0.15) is 67.8 Å². The molecule has 3 fully saturated rings. The Morgan fingerprint density at radius 3 is 2.15 bits per heavy atom. The molecule has 0 N–H and O–H groups in total. The van der Waals surface area contributed by atoms with E-state index in [1.165, 1.54) is 12.1 Å². The first kappa shape index (κ1) is 28.2. The number of hydrogen-bond acceptors (Lipinski definition) is 7. The van der Waals surface area contributed by atoms with Gasteiger partial charge in [-0.1, -0.05) is 17.3 Å². The van der Waals surface area contributed by atoms with E-state index in [9.17, 15) is 22.8 Å². The van der Waals surface area contributed by atoms with E-state index in [4.69, 9.17) is 14.0 Å². The first-order chi connectivity index (χ1) is 18.9. The van der Waals surface area contributed by atoms with Crippen LogP contribution in [0.2, 0.25) is 0 Å². The first-order valence-electron chi connectivity index (χ1n) is 13.5. The molecule has 0 bridgehead atoms. The molecule has 218 valence electrons. The van der Waals surface area contributed by atoms with Crippen LogP contribution in [0.4, 0.5) is 22.8 Å². The number of carbonyl (C=O) groups is 2. The molecule has 4 heterocycles. The van der Waals surface area contributed by atoms with Crippen LogP contribution in [0.25, 0.3) is 0 Å². The number of hydrogen-bond donors (Lipinski definition) is 0. The average Bonchev–Trinajstić information content (AvgIpc) is 3.36. The molecule has 3 amide bonds. The van der Waals surface area contributed by atoms with Gasteiger partial charge in [-0.25, -0.2) is 9.59 Å². The summed E-state index contributed by atoms with van der Waals surface area (Å²) in [5.74, 6) is 0.263. The zero-order chi connectivity index (χ0) is 28.7. The number of likely N-dealkylation sites (tertiary alicyclic amines) is 2. The quantitative estimate of drug-likeness (QED) is 0.542. The molecule has 2 aromatic rings. The predicted octanol–water partition coefficient (Wildman–Crippen LogP) is 4.45. The highest BCUT2D eigenvalue weighted by molar-refractivity contribution is 5.75. The van der Waals surface area contributed by atoms with Crippen LogP contribution in [0.5, 0.6) is 0 Å². The van der Waals surface area contributed by atoms with E-state index in [0.29, 0.717) is 76.2 Å². The molecule has 10 nitrogen and oxygen atoms in total. The predicted molar refractivity (Wildman–Crippen MR) is 136 cm³/mol. The summed E-state index contributed by atoms with van der Waals surface area (Å²) in [6, 6.07) is 4.97. The van der Waals surface area contributed by atoms with Crippen molar-refractivity contribution < 1.29 is 36.8 Å². The summed E-state index contributed by atoms with van der Waals surface area (Å²) in [4.78, 5) is 35.3. The van der Waals surface area contributed by atoms with Crippen LogP contribution < -0.4 is 0 Å². The van der Waals surface area contributed by atoms with Crippen molar-refractivity contribution in [3.63, 3.8) is 0 Å². The fourth-order valence-electron chi connectivity index (χ4n) is 5.27. The molecule has 0 saturated carbocycles. The molecule has 40 heavy (non-hydrogen) atoms. The third-order valence-electron chi connectivity index (χ3n) is 7.42. The standard InChI is InChI=1S/C27H34F3N5O5/c1-26(2,3)39-25(37)35-15-20(16-35)23-31-22(32-40-23)19-12-18(17-4-6-21(7-5-17)27(28,29)30)13-34(14-19)24(36)33-8-10-38-11-9-33/h4-7,18-20H,8-16H2,1-3H3. The summed E-state index contributed by atoms with van der Waals surface area (Å²) in [7, 11) is 0. The van der Waals surface area contributed by atoms with Gasteiger partial charge in [-0.2, -0.15) is 18.2 Å². The summed E-state index contributed by atoms with van der Waals surface area (Å²) in [5.41, 5.74) is -0.587. The van der Waals surface area contributed by atoms with Gasteiger partial charge in [0.05, 0.1) is 24.7 Å². The van der Waals surface area contributed by atoms with Gasteiger partial charge in [0.25, 0.3) is 0 Å². The third-order valence-corrected chi connectivity index (χ3v) is 7.42. The number of nitrogens with zero attached hydrogens (tertiary/aromatic N) is 5. The molecular weight excluding hydrogens is 531 g/mol. The molecule has 1 aromatic carbocycles. The number of benzene rings is 1. The van der Waals surface area contributed by atoms with E-state index in [0.717, 1.165) is 12.1 Å². The Morgan fingerprint density at radius 1 is 0.900 bits per heavy atom. The van der Waals surface area contributed by atoms with Crippen molar-refractivity contribution in [2.75, 3.05) is 52.5 Å². The van der Waals surface area contributed by atoms with Gasteiger partial charge in [0.2, 0.25) is 5.89 Å². The van der Waals surface area contributed by atoms with Gasteiger partial charge in [0, 0.05) is 51.1 Å². The Labute approximate surface area is 230 Å². The maximum atomic E-state index is 13.4. The van der Waals surface area contributed by atoms with Gasteiger partial charge < -0.3 is 28.7 Å². The van der Waals surface area contributed by atoms with Gasteiger partial charge >= 0.3 is 18.3 Å². The van der Waals surface area contributed by atoms with E-state index in [1.807, 2.05) is 20.8 Å². The van der Waals surface area contributed by atoms with Crippen LogP contribution >= 0.6 is 0 Å². The number of morpholine rings is 1. The summed E-state index contributed by atoms with van der Waals surface area (Å²) < 4.78 is 55.7. The Morgan fingerprint density at radius 2 is 1.52 bits per heavy atom. The second kappa shape index (κ2) is 10.9. The average molecular weight is 566 g/mol. The molecule has 0 spiro atoms. The lowest BCUT2D eigenvalue weighted by molar-refractivity contribution is -0.137. The maximum absolute atomic E-state index is 13.4. The van der Waals surface area contributed by atoms with Crippen molar-refractivity contribution in [3.8, 4) is 0 Å². The van der Waals surface area contributed by atoms with Gasteiger partial charge in [-0.05, 0) is 44.9 Å². The Balaban J connectivity index is 1.31. The van der Waals surface area contributed by atoms with Crippen LogP contribution in [-0.2, 0) is 15.7 Å². The first-order valence-corrected chi connectivity index (χ1v) is 13.5. The number of carbonyl (C=O) groups excluding carboxylic acids is 2. The van der Waals surface area contributed by atoms with E-state index >= 15 is 0 Å². The number of rotatable bonds is 3. The molecule has 3 aliphatic rings. The normalized spacial score (nSPS) is 22.7. The number of halogens is 3. The Kier molecular flexibility index (Phi) is 7.68. The number of amides is 3. The summed E-state index contributed by atoms with van der Waals surface area (Å²) in [6.07, 6.45) is -4.27. The molecule has 0 radical (unpaired) electrons. The van der Waals surface area contributed by atoms with Crippen molar-refractivity contribution in [1.29, 1.82) is 0 Å². The Bertz CT molecular complexity index is 1200. The lowest BCUT2D eigenvalue weighted by Crippen LogP contribution is -2.52. The smallest absolute Gasteiger partial charge is 0.416 e. The highest BCUT2D eigenvalue weighted by Crippen LogP contribution is 2.38. The molecule has 1 aromatic heterocycles. The van der Waals surface area contributed by atoms with Crippen molar-refractivity contribution in [3.05, 3.63) is 47.1 Å². The SMILES string of the molecule is CC(C)(C)OC(=O)N1CC(c2nc(C3CC(c4ccc(C(F)(F)F)cc4)CN(C(=O)N4CCOCC4)C3)no2)C1. The molecule has 3 aliphatic heterocycles. The van der Waals surface area contributed by atoms with Crippen molar-refractivity contribution in [2.24, 2.45) is 0 Å². The highest BCUT2D eigenvalue weighted by atomic mass is 19.4. The van der Waals surface area contributed by atoms with E-state index in [-0.39, 0.29) is 23.8 Å². The van der Waals surface area contributed by atoms with Crippen LogP contribution in [0.15, 0.2) is 28.8 Å². The number of urea groups is 1. The van der Waals surface area contributed by atoms with Crippen LogP contribution in [0, 0.1) is 0 Å². The van der Waals surface area contributed by atoms with Gasteiger partial charge in [0.1, 0.15) is 5.60 Å². The second-order valence-electron chi connectivity index (χ2n) is 11.6. The fraction of sp³-hybridized carbons (Fsp3) is 0.630. The second-order valence-corrected chi connectivity index (χ2v) is 11.6. The number of ether oxygens (including phenoxy) is 2. The minimum absolute atomic E-state index is 0.117. The summed E-state index contributed by atoms with van der Waals surface area (Å²) in [6.45, 7) is 8.83. The zero-order valence-corrected chi connectivity index (χ0v) is 22.8. The van der Waals surface area contributed by atoms with Crippen molar-refractivity contribution in [2.45, 2.75) is 56.7 Å². The lowest BCUT2D eigenvalue weighted by atomic mass is 9.84. The number of alkyl halides is 3. The molecule has 13 heteroatoms. The lowest BCUT2D eigenvalue weighted by Gasteiger charge is -2.40. The molecule has 5 rings (SSSR count).